The van der Waals surface area contributed by atoms with Crippen molar-refractivity contribution in [2.24, 2.45) is 4.99 Å². The van der Waals surface area contributed by atoms with Crippen LogP contribution in [0.5, 0.6) is 5.88 Å². The second kappa shape index (κ2) is 13.2. The average molecular weight is 626 g/mol. The smallest absolute Gasteiger partial charge is 0.326 e. The molecule has 2 aliphatic rings. The largest absolute Gasteiger partial charge is 0.477 e. The van der Waals surface area contributed by atoms with Crippen molar-refractivity contribution in [1.29, 1.82) is 0 Å². The number of hydrogen-bond acceptors (Lipinski definition) is 7. The number of carbonyl (C=O) groups excluding carboxylic acids is 1. The summed E-state index contributed by atoms with van der Waals surface area (Å²) in [6, 6.07) is 14.0. The summed E-state index contributed by atoms with van der Waals surface area (Å²) < 4.78 is 6.06. The molecule has 228 valence electrons. The number of urea groups is 1. The van der Waals surface area contributed by atoms with E-state index in [-0.39, 0.29) is 18.1 Å². The summed E-state index contributed by atoms with van der Waals surface area (Å²) in [6.45, 7) is 11.5. The lowest BCUT2D eigenvalue weighted by molar-refractivity contribution is 0.108. The molecule has 9 nitrogen and oxygen atoms in total. The molecule has 0 aliphatic carbocycles. The fourth-order valence-corrected chi connectivity index (χ4v) is 5.69. The molecule has 3 aromatic rings. The van der Waals surface area contributed by atoms with E-state index in [4.69, 9.17) is 42.9 Å². The van der Waals surface area contributed by atoms with E-state index in [0.717, 1.165) is 11.1 Å². The van der Waals surface area contributed by atoms with Crippen LogP contribution in [0.15, 0.2) is 59.7 Å². The van der Waals surface area contributed by atoms with Gasteiger partial charge in [-0.3, -0.25) is 14.8 Å². The SMILES string of the molecule is CCOc1nc(C(C)(C)C)ncc1C1=NC(c2ccc(Cl)cc2)C(c2ccc(Cl)cc2)N1C(=O)N1CCN(CCO)CC1. The van der Waals surface area contributed by atoms with Crippen molar-refractivity contribution in [2.75, 3.05) is 45.9 Å². The molecule has 1 aromatic heterocycles. The quantitative estimate of drug-likeness (QED) is 0.359. The normalized spacial score (nSPS) is 19.5. The van der Waals surface area contributed by atoms with Crippen LogP contribution in [0.2, 0.25) is 10.0 Å². The van der Waals surface area contributed by atoms with E-state index in [1.165, 1.54) is 0 Å². The van der Waals surface area contributed by atoms with Gasteiger partial charge in [-0.15, -0.1) is 0 Å². The number of β-amino-alcohol motifs (C(OH)–C–C–N with tert-alkyl or cyclic N) is 1. The predicted octanol–water partition coefficient (Wildman–Crippen LogP) is 5.75. The molecule has 1 saturated heterocycles. The minimum Gasteiger partial charge on any atom is -0.477 e. The highest BCUT2D eigenvalue weighted by Crippen LogP contribution is 2.45. The lowest BCUT2D eigenvalue weighted by Gasteiger charge is -2.39. The summed E-state index contributed by atoms with van der Waals surface area (Å²) in [6.07, 6.45) is 1.72. The summed E-state index contributed by atoms with van der Waals surface area (Å²) in [5.74, 6) is 1.48. The first-order valence-electron chi connectivity index (χ1n) is 14.6. The molecule has 5 rings (SSSR count). The Morgan fingerprint density at radius 3 is 2.14 bits per heavy atom. The maximum Gasteiger partial charge on any atom is 0.326 e. The third kappa shape index (κ3) is 6.80. The van der Waals surface area contributed by atoms with E-state index in [1.807, 2.05) is 81.1 Å². The number of ether oxygens (including phenoxy) is 1. The number of rotatable bonds is 7. The van der Waals surface area contributed by atoms with Crippen LogP contribution in [-0.4, -0.2) is 87.6 Å². The number of aliphatic imine (C=N–C) groups is 1. The lowest BCUT2D eigenvalue weighted by atomic mass is 9.93. The molecule has 0 bridgehead atoms. The molecular weight excluding hydrogens is 587 g/mol. The van der Waals surface area contributed by atoms with Gasteiger partial charge in [0, 0.05) is 54.4 Å². The number of aliphatic hydroxyl groups is 1. The topological polar surface area (TPSA) is 94.4 Å². The fraction of sp³-hybridized carbons (Fsp3) is 0.438. The predicted molar refractivity (Wildman–Crippen MR) is 169 cm³/mol. The van der Waals surface area contributed by atoms with E-state index in [0.29, 0.717) is 72.5 Å². The van der Waals surface area contributed by atoms with Gasteiger partial charge in [0.1, 0.15) is 17.7 Å². The van der Waals surface area contributed by atoms with Crippen molar-refractivity contribution >= 4 is 35.1 Å². The van der Waals surface area contributed by atoms with Crippen molar-refractivity contribution in [3.8, 4) is 5.88 Å². The van der Waals surface area contributed by atoms with Gasteiger partial charge >= 0.3 is 6.03 Å². The van der Waals surface area contributed by atoms with Gasteiger partial charge in [0.2, 0.25) is 5.88 Å². The number of piperazine rings is 1. The van der Waals surface area contributed by atoms with Gasteiger partial charge in [-0.2, -0.15) is 4.98 Å². The third-order valence-electron chi connectivity index (χ3n) is 7.70. The van der Waals surface area contributed by atoms with Crippen molar-refractivity contribution in [2.45, 2.75) is 45.2 Å². The van der Waals surface area contributed by atoms with E-state index in [1.54, 1.807) is 11.1 Å². The second-order valence-corrected chi connectivity index (χ2v) is 12.6. The van der Waals surface area contributed by atoms with E-state index in [9.17, 15) is 9.90 Å². The summed E-state index contributed by atoms with van der Waals surface area (Å²) >= 11 is 12.6. The maximum atomic E-state index is 14.6. The van der Waals surface area contributed by atoms with Gasteiger partial charge in [-0.05, 0) is 42.3 Å². The summed E-state index contributed by atoms with van der Waals surface area (Å²) in [5.41, 5.74) is 2.05. The third-order valence-corrected chi connectivity index (χ3v) is 8.21. The molecule has 2 unspecified atom stereocenters. The molecule has 3 heterocycles. The first-order valence-corrected chi connectivity index (χ1v) is 15.4. The number of amides is 2. The lowest BCUT2D eigenvalue weighted by Crippen LogP contribution is -2.54. The van der Waals surface area contributed by atoms with Crippen LogP contribution in [0.4, 0.5) is 4.79 Å². The number of aliphatic hydroxyl groups excluding tert-OH is 1. The molecular formula is C32H38Cl2N6O3. The Morgan fingerprint density at radius 1 is 0.977 bits per heavy atom. The molecule has 11 heteroatoms. The Hall–Kier alpha value is -3.24. The molecule has 2 amide bonds. The number of nitrogens with zero attached hydrogens (tertiary/aromatic N) is 6. The Kier molecular flexibility index (Phi) is 9.56. The van der Waals surface area contributed by atoms with Gasteiger partial charge in [0.25, 0.3) is 0 Å². The molecule has 43 heavy (non-hydrogen) atoms. The van der Waals surface area contributed by atoms with Gasteiger partial charge in [-0.1, -0.05) is 68.2 Å². The Labute approximate surface area is 263 Å². The summed E-state index contributed by atoms with van der Waals surface area (Å²) in [7, 11) is 0. The van der Waals surface area contributed by atoms with E-state index >= 15 is 0 Å². The zero-order valence-corrected chi connectivity index (χ0v) is 26.5. The highest BCUT2D eigenvalue weighted by Gasteiger charge is 2.45. The van der Waals surface area contributed by atoms with Crippen molar-refractivity contribution in [3.05, 3.63) is 87.3 Å². The Bertz CT molecular complexity index is 1450. The van der Waals surface area contributed by atoms with Crippen LogP contribution in [0.1, 0.15) is 62.3 Å². The van der Waals surface area contributed by atoms with Crippen LogP contribution in [0.25, 0.3) is 0 Å². The zero-order valence-electron chi connectivity index (χ0n) is 25.0. The Morgan fingerprint density at radius 2 is 1.58 bits per heavy atom. The molecule has 1 N–H and O–H groups in total. The standard InChI is InChI=1S/C32H38Cl2N6O3/c1-5-43-29-25(20-35-30(37-29)32(2,3)4)28-36-26(21-6-10-23(33)11-7-21)27(22-8-12-24(34)13-9-22)40(28)31(42)39-16-14-38(15-17-39)18-19-41/h6-13,20,26-27,41H,5,14-19H2,1-4H3. The van der Waals surface area contributed by atoms with Crippen LogP contribution >= 0.6 is 23.2 Å². The molecule has 2 aliphatic heterocycles. The monoisotopic (exact) mass is 624 g/mol. The molecule has 1 fully saturated rings. The summed E-state index contributed by atoms with van der Waals surface area (Å²) in [5, 5.41) is 10.6. The minimum atomic E-state index is -0.479. The average Bonchev–Trinajstić information content (AvgIpc) is 3.38. The van der Waals surface area contributed by atoms with E-state index in [2.05, 4.69) is 4.90 Å². The summed E-state index contributed by atoms with van der Waals surface area (Å²) in [4.78, 5) is 35.1. The van der Waals surface area contributed by atoms with Crippen molar-refractivity contribution < 1.29 is 14.6 Å². The number of hydrogen-bond donors (Lipinski definition) is 1. The first-order chi connectivity index (χ1) is 20.6. The molecule has 0 radical (unpaired) electrons. The molecule has 0 spiro atoms. The first kappa shape index (κ1) is 31.2. The van der Waals surface area contributed by atoms with Gasteiger partial charge in [0.05, 0.1) is 24.8 Å². The Balaban J connectivity index is 1.66. The van der Waals surface area contributed by atoms with Crippen molar-refractivity contribution in [1.82, 2.24) is 24.7 Å². The number of carbonyl (C=O) groups is 1. The second-order valence-electron chi connectivity index (χ2n) is 11.7. The van der Waals surface area contributed by atoms with Crippen LogP contribution in [-0.2, 0) is 5.41 Å². The number of benzene rings is 2. The van der Waals surface area contributed by atoms with Crippen LogP contribution < -0.4 is 4.74 Å². The van der Waals surface area contributed by atoms with E-state index < -0.39 is 12.1 Å². The molecule has 2 atom stereocenters. The fourth-order valence-electron chi connectivity index (χ4n) is 5.44. The number of aromatic nitrogens is 2. The maximum absolute atomic E-state index is 14.6. The van der Waals surface area contributed by atoms with Crippen LogP contribution in [0.3, 0.4) is 0 Å². The van der Waals surface area contributed by atoms with Gasteiger partial charge in [0.15, 0.2) is 0 Å². The zero-order chi connectivity index (χ0) is 30.7. The minimum absolute atomic E-state index is 0.0864. The molecule has 0 saturated carbocycles. The van der Waals surface area contributed by atoms with Crippen molar-refractivity contribution in [3.63, 3.8) is 0 Å². The highest BCUT2D eigenvalue weighted by molar-refractivity contribution is 6.30. The number of amidine groups is 1. The van der Waals surface area contributed by atoms with Gasteiger partial charge in [-0.25, -0.2) is 9.78 Å². The molecule has 2 aromatic carbocycles. The van der Waals surface area contributed by atoms with Crippen LogP contribution in [0, 0.1) is 0 Å². The number of halogens is 2. The highest BCUT2D eigenvalue weighted by atomic mass is 35.5. The van der Waals surface area contributed by atoms with Gasteiger partial charge < -0.3 is 14.7 Å².